The minimum Gasteiger partial charge on any atom is -0.489 e. The van der Waals surface area contributed by atoms with Gasteiger partial charge in [0.2, 0.25) is 0 Å². The Morgan fingerprint density at radius 1 is 1.22 bits per heavy atom. The predicted molar refractivity (Wildman–Crippen MR) is 109 cm³/mol. The molecule has 27 heavy (non-hydrogen) atoms. The van der Waals surface area contributed by atoms with Crippen molar-refractivity contribution in [1.29, 1.82) is 0 Å². The number of benzene rings is 2. The number of aliphatic hydroxyl groups excluding tert-OH is 1. The van der Waals surface area contributed by atoms with Gasteiger partial charge in [0.05, 0.1) is 6.10 Å². The molecule has 1 aliphatic heterocycles. The van der Waals surface area contributed by atoms with Gasteiger partial charge in [-0.1, -0.05) is 32.9 Å². The van der Waals surface area contributed by atoms with Crippen LogP contribution in [-0.2, 0) is 5.41 Å². The Balaban J connectivity index is 1.78. The van der Waals surface area contributed by atoms with Gasteiger partial charge in [0.25, 0.3) is 0 Å². The largest absolute Gasteiger partial charge is 0.489 e. The molecule has 0 spiro atoms. The van der Waals surface area contributed by atoms with Crippen LogP contribution in [0.3, 0.4) is 0 Å². The second kappa shape index (κ2) is 6.87. The minimum atomic E-state index is -0.589. The van der Waals surface area contributed by atoms with E-state index in [-0.39, 0.29) is 5.41 Å². The molecule has 3 rings (SSSR count). The first-order valence-electron chi connectivity index (χ1n) is 9.63. The number of rotatable bonds is 3. The van der Waals surface area contributed by atoms with E-state index < -0.39 is 11.7 Å². The maximum atomic E-state index is 10.8. The van der Waals surface area contributed by atoms with Crippen molar-refractivity contribution in [1.82, 2.24) is 0 Å². The highest BCUT2D eigenvalue weighted by atomic mass is 16.5. The molecule has 3 heteroatoms. The van der Waals surface area contributed by atoms with Crippen LogP contribution >= 0.6 is 0 Å². The summed E-state index contributed by atoms with van der Waals surface area (Å²) in [5, 5.41) is 10.8. The molecule has 0 amide bonds. The van der Waals surface area contributed by atoms with Crippen molar-refractivity contribution >= 4 is 0 Å². The molecule has 1 N–H and O–H groups in total. The topological polar surface area (TPSA) is 38.7 Å². The van der Waals surface area contributed by atoms with Crippen LogP contribution in [0.2, 0.25) is 0 Å². The average molecular weight is 368 g/mol. The van der Waals surface area contributed by atoms with Crippen molar-refractivity contribution in [3.8, 4) is 11.5 Å². The first-order chi connectivity index (χ1) is 12.5. The Kier molecular flexibility index (Phi) is 5.02. The summed E-state index contributed by atoms with van der Waals surface area (Å²) in [6, 6.07) is 11.4. The molecule has 1 radical (unpaired) electrons. The van der Waals surface area contributed by atoms with Crippen molar-refractivity contribution in [2.75, 3.05) is 6.61 Å². The molecule has 0 fully saturated rings. The fourth-order valence-corrected chi connectivity index (χ4v) is 3.70. The van der Waals surface area contributed by atoms with Gasteiger partial charge in [-0.05, 0) is 67.5 Å². The maximum Gasteiger partial charge on any atom is 0.143 e. The molecule has 3 nitrogen and oxygen atoms in total. The molecule has 0 bridgehead atoms. The monoisotopic (exact) mass is 367 g/mol. The Morgan fingerprint density at radius 2 is 1.93 bits per heavy atom. The molecule has 145 valence electrons. The Morgan fingerprint density at radius 3 is 2.52 bits per heavy atom. The summed E-state index contributed by atoms with van der Waals surface area (Å²) in [4.78, 5) is 0. The molecule has 2 unspecified atom stereocenters. The van der Waals surface area contributed by atoms with Crippen LogP contribution in [0.5, 0.6) is 11.5 Å². The second-order valence-corrected chi connectivity index (χ2v) is 9.13. The molecule has 2 aromatic rings. The standard InChI is InChI=1S/C24H31O3/c1-15-12-16(2)21-20(25)13-24(7,27-22(21)17(15)3)14-26-19-10-8-18(9-11-19)23(4,5)6/h8-10,12,20,25H,13-14H2,1-7H3. The van der Waals surface area contributed by atoms with E-state index in [2.05, 4.69) is 45.9 Å². The van der Waals surface area contributed by atoms with Gasteiger partial charge in [0.1, 0.15) is 23.7 Å². The second-order valence-electron chi connectivity index (χ2n) is 9.13. The van der Waals surface area contributed by atoms with Gasteiger partial charge in [-0.3, -0.25) is 0 Å². The van der Waals surface area contributed by atoms with E-state index in [1.807, 2.05) is 32.9 Å². The fourth-order valence-electron chi connectivity index (χ4n) is 3.70. The highest BCUT2D eigenvalue weighted by Crippen LogP contribution is 2.44. The van der Waals surface area contributed by atoms with E-state index in [1.54, 1.807) is 0 Å². The normalized spacial score (nSPS) is 22.1. The van der Waals surface area contributed by atoms with E-state index in [9.17, 15) is 5.11 Å². The Bertz CT molecular complexity index is 830. The maximum absolute atomic E-state index is 10.8. The molecular weight excluding hydrogens is 336 g/mol. The minimum absolute atomic E-state index is 0.0918. The summed E-state index contributed by atoms with van der Waals surface area (Å²) in [7, 11) is 0. The summed E-state index contributed by atoms with van der Waals surface area (Å²) in [6.45, 7) is 15.1. The lowest BCUT2D eigenvalue weighted by Crippen LogP contribution is -2.44. The first-order valence-corrected chi connectivity index (χ1v) is 9.63. The smallest absolute Gasteiger partial charge is 0.143 e. The summed E-state index contributed by atoms with van der Waals surface area (Å²) in [5.41, 5.74) is 4.98. The molecule has 0 aromatic heterocycles. The van der Waals surface area contributed by atoms with Crippen molar-refractivity contribution < 1.29 is 14.6 Å². The highest BCUT2D eigenvalue weighted by Gasteiger charge is 2.39. The Hall–Kier alpha value is -2.00. The van der Waals surface area contributed by atoms with Gasteiger partial charge in [-0.15, -0.1) is 0 Å². The summed E-state index contributed by atoms with van der Waals surface area (Å²) < 4.78 is 12.4. The molecule has 1 heterocycles. The zero-order valence-corrected chi connectivity index (χ0v) is 17.6. The van der Waals surface area contributed by atoms with Crippen LogP contribution in [0.15, 0.2) is 24.3 Å². The van der Waals surface area contributed by atoms with Crippen molar-refractivity contribution in [3.05, 3.63) is 58.1 Å². The average Bonchev–Trinajstić information content (AvgIpc) is 2.57. The third-order valence-corrected chi connectivity index (χ3v) is 5.52. The number of aliphatic hydroxyl groups is 1. The molecule has 0 aliphatic carbocycles. The Labute approximate surface area is 163 Å². The van der Waals surface area contributed by atoms with Crippen molar-refractivity contribution in [2.45, 2.75) is 72.0 Å². The van der Waals surface area contributed by atoms with E-state index in [4.69, 9.17) is 9.47 Å². The fraction of sp³-hybridized carbons (Fsp3) is 0.500. The van der Waals surface area contributed by atoms with E-state index in [1.165, 1.54) is 11.1 Å². The summed E-state index contributed by atoms with van der Waals surface area (Å²) >= 11 is 0. The molecule has 0 saturated heterocycles. The summed E-state index contributed by atoms with van der Waals surface area (Å²) in [5.74, 6) is 1.51. The third-order valence-electron chi connectivity index (χ3n) is 5.52. The number of hydrogen-bond donors (Lipinski definition) is 1. The zero-order chi connectivity index (χ0) is 20.0. The van der Waals surface area contributed by atoms with E-state index in [0.29, 0.717) is 18.8 Å². The van der Waals surface area contributed by atoms with Gasteiger partial charge in [0, 0.05) is 18.1 Å². The first kappa shape index (κ1) is 19.8. The highest BCUT2D eigenvalue weighted by molar-refractivity contribution is 5.52. The van der Waals surface area contributed by atoms with Crippen LogP contribution < -0.4 is 9.47 Å². The van der Waals surface area contributed by atoms with Gasteiger partial charge < -0.3 is 14.6 Å². The summed E-state index contributed by atoms with van der Waals surface area (Å²) in [6.07, 6.45) is -0.0439. The van der Waals surface area contributed by atoms with Gasteiger partial charge in [-0.2, -0.15) is 0 Å². The van der Waals surface area contributed by atoms with E-state index >= 15 is 0 Å². The van der Waals surface area contributed by atoms with Crippen LogP contribution in [0, 0.1) is 26.8 Å². The van der Waals surface area contributed by atoms with E-state index in [0.717, 1.165) is 22.4 Å². The zero-order valence-electron chi connectivity index (χ0n) is 17.6. The number of ether oxygens (including phenoxy) is 2. The number of hydrogen-bond acceptors (Lipinski definition) is 3. The van der Waals surface area contributed by atoms with Crippen molar-refractivity contribution in [2.24, 2.45) is 0 Å². The van der Waals surface area contributed by atoms with Crippen LogP contribution in [-0.4, -0.2) is 17.3 Å². The lowest BCUT2D eigenvalue weighted by Gasteiger charge is -2.39. The quantitative estimate of drug-likeness (QED) is 0.793. The lowest BCUT2D eigenvalue weighted by atomic mass is 9.86. The van der Waals surface area contributed by atoms with Crippen LogP contribution in [0.25, 0.3) is 0 Å². The van der Waals surface area contributed by atoms with Gasteiger partial charge >= 0.3 is 0 Å². The van der Waals surface area contributed by atoms with Crippen LogP contribution in [0.4, 0.5) is 0 Å². The third kappa shape index (κ3) is 3.98. The number of aryl methyl sites for hydroxylation is 2. The van der Waals surface area contributed by atoms with Crippen molar-refractivity contribution in [3.63, 3.8) is 0 Å². The molecule has 1 aliphatic rings. The molecule has 2 aromatic carbocycles. The molecule has 0 saturated carbocycles. The molecular formula is C24H31O3. The SMILES string of the molecule is Cc1cc(C)c2c(c1C)OC(C)(COc1[c]cc(C(C)(C)C)cc1)CC2O. The van der Waals surface area contributed by atoms with Gasteiger partial charge in [0.15, 0.2) is 0 Å². The lowest BCUT2D eigenvalue weighted by molar-refractivity contribution is -0.0310. The predicted octanol–water partition coefficient (Wildman–Crippen LogP) is 5.36. The van der Waals surface area contributed by atoms with Crippen LogP contribution in [0.1, 0.15) is 68.0 Å². The van der Waals surface area contributed by atoms with Gasteiger partial charge in [-0.25, -0.2) is 0 Å². The number of fused-ring (bicyclic) bond motifs is 1. The molecule has 2 atom stereocenters.